The van der Waals surface area contributed by atoms with Gasteiger partial charge in [0.2, 0.25) is 5.91 Å². The highest BCUT2D eigenvalue weighted by molar-refractivity contribution is 5.75. The molecule has 0 aliphatic heterocycles. The van der Waals surface area contributed by atoms with Crippen molar-refractivity contribution in [3.05, 3.63) is 24.0 Å². The minimum Gasteiger partial charge on any atom is -0.488 e. The van der Waals surface area contributed by atoms with Crippen LogP contribution in [0.15, 0.2) is 18.5 Å². The molecule has 8 nitrogen and oxygen atoms in total. The summed E-state index contributed by atoms with van der Waals surface area (Å²) in [7, 11) is 3.39. The molecule has 0 bridgehead atoms. The van der Waals surface area contributed by atoms with E-state index in [0.717, 1.165) is 12.8 Å². The lowest BCUT2D eigenvalue weighted by molar-refractivity contribution is -0.129. The van der Waals surface area contributed by atoms with Crippen molar-refractivity contribution in [3.8, 4) is 29.0 Å². The second-order valence-corrected chi connectivity index (χ2v) is 7.26. The first kappa shape index (κ1) is 17.5. The molecule has 0 aromatic carbocycles. The van der Waals surface area contributed by atoms with Gasteiger partial charge in [-0.1, -0.05) is 17.1 Å². The molecule has 2 fully saturated rings. The van der Waals surface area contributed by atoms with Gasteiger partial charge in [-0.05, 0) is 31.7 Å². The van der Waals surface area contributed by atoms with Crippen LogP contribution >= 0.6 is 0 Å². The van der Waals surface area contributed by atoms with E-state index in [2.05, 4.69) is 27.1 Å². The number of hydrogen-bond donors (Lipinski definition) is 1. The predicted octanol–water partition coefficient (Wildman–Crippen LogP) is 0.846. The number of pyridine rings is 1. The van der Waals surface area contributed by atoms with Crippen molar-refractivity contribution in [2.45, 2.75) is 43.9 Å². The molecule has 0 spiro atoms. The van der Waals surface area contributed by atoms with Gasteiger partial charge in [0.1, 0.15) is 29.3 Å². The maximum Gasteiger partial charge on any atom is 0.243 e. The van der Waals surface area contributed by atoms with Crippen molar-refractivity contribution in [3.63, 3.8) is 0 Å². The number of carbonyl (C=O) groups excluding carboxylic acids is 1. The smallest absolute Gasteiger partial charge is 0.243 e. The first-order chi connectivity index (χ1) is 12.9. The van der Waals surface area contributed by atoms with Gasteiger partial charge in [0.05, 0.1) is 12.3 Å². The summed E-state index contributed by atoms with van der Waals surface area (Å²) in [4.78, 5) is 17.8. The molecule has 140 valence electrons. The van der Waals surface area contributed by atoms with E-state index in [0.29, 0.717) is 35.5 Å². The van der Waals surface area contributed by atoms with Crippen molar-refractivity contribution in [1.82, 2.24) is 24.9 Å². The second-order valence-electron chi connectivity index (χ2n) is 7.26. The highest BCUT2D eigenvalue weighted by Crippen LogP contribution is 2.35. The number of carbonyl (C=O) groups is 1. The molecule has 2 aromatic heterocycles. The third kappa shape index (κ3) is 4.26. The van der Waals surface area contributed by atoms with Crippen molar-refractivity contribution in [2.24, 2.45) is 0 Å². The lowest BCUT2D eigenvalue weighted by atomic mass is 10.2. The van der Waals surface area contributed by atoms with Gasteiger partial charge in [0, 0.05) is 25.9 Å². The molecule has 1 amide bonds. The first-order valence-electron chi connectivity index (χ1n) is 8.95. The highest BCUT2D eigenvalue weighted by Gasteiger charge is 2.38. The van der Waals surface area contributed by atoms with Crippen molar-refractivity contribution >= 4 is 5.91 Å². The number of amides is 1. The Morgan fingerprint density at radius 3 is 2.89 bits per heavy atom. The zero-order valence-electron chi connectivity index (χ0n) is 15.3. The Bertz CT molecular complexity index is 932. The Hall–Kier alpha value is -2.92. The highest BCUT2D eigenvalue weighted by atomic mass is 16.5. The molecule has 2 aliphatic carbocycles. The topological polar surface area (TPSA) is 93.4 Å². The fourth-order valence-electron chi connectivity index (χ4n) is 2.36. The number of nitrogens with zero attached hydrogens (tertiary/aromatic N) is 5. The fourth-order valence-corrected chi connectivity index (χ4v) is 2.36. The summed E-state index contributed by atoms with van der Waals surface area (Å²) >= 11 is 0. The van der Waals surface area contributed by atoms with Crippen molar-refractivity contribution in [1.29, 1.82) is 0 Å². The second kappa shape index (κ2) is 6.67. The van der Waals surface area contributed by atoms with Crippen LogP contribution in [-0.2, 0) is 11.3 Å². The maximum absolute atomic E-state index is 11.8. The molecule has 1 N–H and O–H groups in total. The number of ether oxygens (including phenoxy) is 1. The molecule has 0 unspecified atom stereocenters. The molecule has 4 rings (SSSR count). The average molecular weight is 367 g/mol. The van der Waals surface area contributed by atoms with Crippen molar-refractivity contribution in [2.75, 3.05) is 14.1 Å². The summed E-state index contributed by atoms with van der Waals surface area (Å²) in [5, 5.41) is 18.0. The average Bonchev–Trinajstić information content (AvgIpc) is 3.55. The molecular formula is C19H21N5O3. The molecule has 2 saturated carbocycles. The molecule has 27 heavy (non-hydrogen) atoms. The standard InChI is InChI=1S/C19H21N5O3/c1-23(2)17(25)12-24-11-15(21-22-24)18-16(27-14-3-4-14)9-13(10-20-18)5-6-19(26)7-8-19/h9-11,14,26H,3-4,7-8,12H2,1-2H3. The van der Waals surface area contributed by atoms with Crippen LogP contribution < -0.4 is 4.74 Å². The van der Waals surface area contributed by atoms with Gasteiger partial charge in [-0.3, -0.25) is 4.79 Å². The summed E-state index contributed by atoms with van der Waals surface area (Å²) in [6.07, 6.45) is 6.96. The van der Waals surface area contributed by atoms with Gasteiger partial charge in [-0.2, -0.15) is 0 Å². The molecule has 2 heterocycles. The van der Waals surface area contributed by atoms with Crippen LogP contribution in [0.2, 0.25) is 0 Å². The lowest BCUT2D eigenvalue weighted by Gasteiger charge is -2.09. The van der Waals surface area contributed by atoms with E-state index in [-0.39, 0.29) is 18.6 Å². The molecule has 0 saturated heterocycles. The van der Waals surface area contributed by atoms with Gasteiger partial charge in [0.25, 0.3) is 0 Å². The van der Waals surface area contributed by atoms with E-state index in [1.165, 1.54) is 9.58 Å². The minimum absolute atomic E-state index is 0.0718. The Labute approximate surface area is 157 Å². The molecular weight excluding hydrogens is 346 g/mol. The van der Waals surface area contributed by atoms with E-state index < -0.39 is 5.60 Å². The summed E-state index contributed by atoms with van der Waals surface area (Å²) in [5.41, 5.74) is 0.960. The molecule has 0 radical (unpaired) electrons. The summed E-state index contributed by atoms with van der Waals surface area (Å²) in [5.74, 6) is 6.37. The third-order valence-electron chi connectivity index (χ3n) is 4.41. The van der Waals surface area contributed by atoms with Crippen LogP contribution in [-0.4, -0.2) is 61.7 Å². The largest absolute Gasteiger partial charge is 0.488 e. The summed E-state index contributed by atoms with van der Waals surface area (Å²) < 4.78 is 7.47. The number of aromatic nitrogens is 4. The van der Waals surface area contributed by atoms with Crippen LogP contribution in [0.25, 0.3) is 11.4 Å². The van der Waals surface area contributed by atoms with Gasteiger partial charge >= 0.3 is 0 Å². The fraction of sp³-hybridized carbons (Fsp3) is 0.474. The third-order valence-corrected chi connectivity index (χ3v) is 4.41. The minimum atomic E-state index is -0.835. The zero-order valence-corrected chi connectivity index (χ0v) is 15.3. The monoisotopic (exact) mass is 367 g/mol. The number of hydrogen-bond acceptors (Lipinski definition) is 6. The molecule has 2 aromatic rings. The first-order valence-corrected chi connectivity index (χ1v) is 8.95. The van der Waals surface area contributed by atoms with E-state index in [1.54, 1.807) is 26.5 Å². The summed E-state index contributed by atoms with van der Waals surface area (Å²) in [6, 6.07) is 1.82. The number of rotatable bonds is 5. The van der Waals surface area contributed by atoms with E-state index in [4.69, 9.17) is 4.74 Å². The van der Waals surface area contributed by atoms with Crippen LogP contribution in [0, 0.1) is 11.8 Å². The van der Waals surface area contributed by atoms with Crippen molar-refractivity contribution < 1.29 is 14.6 Å². The predicted molar refractivity (Wildman–Crippen MR) is 96.7 cm³/mol. The molecule has 2 aliphatic rings. The van der Waals surface area contributed by atoms with Crippen LogP contribution in [0.1, 0.15) is 31.2 Å². The maximum atomic E-state index is 11.8. The van der Waals surface area contributed by atoms with Crippen LogP contribution in [0.3, 0.4) is 0 Å². The Morgan fingerprint density at radius 1 is 1.44 bits per heavy atom. The van der Waals surface area contributed by atoms with Gasteiger partial charge in [0.15, 0.2) is 0 Å². The number of likely N-dealkylation sites (N-methyl/N-ethyl adjacent to an activating group) is 1. The SMILES string of the molecule is CN(C)C(=O)Cn1cc(-c2ncc(C#CC3(O)CC3)cc2OC2CC2)nn1. The Morgan fingerprint density at radius 2 is 2.22 bits per heavy atom. The van der Waals surface area contributed by atoms with Gasteiger partial charge < -0.3 is 14.7 Å². The normalized spacial score (nSPS) is 17.0. The lowest BCUT2D eigenvalue weighted by Crippen LogP contribution is -2.26. The van der Waals surface area contributed by atoms with E-state index in [9.17, 15) is 9.90 Å². The quantitative estimate of drug-likeness (QED) is 0.788. The molecule has 0 atom stereocenters. The number of aliphatic hydroxyl groups is 1. The Balaban J connectivity index is 1.60. The van der Waals surface area contributed by atoms with Gasteiger partial charge in [-0.15, -0.1) is 5.10 Å². The van der Waals surface area contributed by atoms with Crippen LogP contribution in [0.5, 0.6) is 5.75 Å². The molecule has 8 heteroatoms. The summed E-state index contributed by atoms with van der Waals surface area (Å²) in [6.45, 7) is 0.112. The van der Waals surface area contributed by atoms with Gasteiger partial charge in [-0.25, -0.2) is 9.67 Å². The zero-order chi connectivity index (χ0) is 19.0. The van der Waals surface area contributed by atoms with E-state index in [1.807, 2.05) is 6.07 Å². The van der Waals surface area contributed by atoms with Crippen LogP contribution in [0.4, 0.5) is 0 Å². The Kier molecular flexibility index (Phi) is 4.32. The van der Waals surface area contributed by atoms with E-state index >= 15 is 0 Å².